The first kappa shape index (κ1) is 28.4. The zero-order chi connectivity index (χ0) is 28.5. The van der Waals surface area contributed by atoms with Crippen molar-refractivity contribution in [3.63, 3.8) is 0 Å². The molecule has 2 amide bonds. The van der Waals surface area contributed by atoms with Crippen molar-refractivity contribution in [1.29, 1.82) is 0 Å². The van der Waals surface area contributed by atoms with Gasteiger partial charge in [0.2, 0.25) is 11.8 Å². The van der Waals surface area contributed by atoms with Crippen molar-refractivity contribution in [3.05, 3.63) is 59.7 Å². The van der Waals surface area contributed by atoms with Crippen LogP contribution >= 0.6 is 0 Å². The molecule has 216 valence electrons. The lowest BCUT2D eigenvalue weighted by molar-refractivity contribution is -0.227. The SMILES string of the molecule is COc1ccc(CO[C@H](c2ccc(N3CC[C@]4(CC[C@@](O)(CN5CCCC5=O)CC4)C3=O)cc2)C(F)(F)F)cc1. The fourth-order valence-corrected chi connectivity index (χ4v) is 6.22. The van der Waals surface area contributed by atoms with Gasteiger partial charge in [-0.2, -0.15) is 13.2 Å². The number of methoxy groups -OCH3 is 1. The fraction of sp³-hybridized carbons (Fsp3) is 0.533. The van der Waals surface area contributed by atoms with Gasteiger partial charge in [-0.05, 0) is 73.9 Å². The zero-order valence-electron chi connectivity index (χ0n) is 22.6. The quantitative estimate of drug-likeness (QED) is 0.482. The number of hydrogen-bond acceptors (Lipinski definition) is 5. The minimum absolute atomic E-state index is 0.0367. The molecule has 1 saturated carbocycles. The van der Waals surface area contributed by atoms with E-state index in [-0.39, 0.29) is 24.0 Å². The number of hydrogen-bond donors (Lipinski definition) is 1. The third-order valence-corrected chi connectivity index (χ3v) is 8.69. The van der Waals surface area contributed by atoms with Gasteiger partial charge in [-0.1, -0.05) is 24.3 Å². The summed E-state index contributed by atoms with van der Waals surface area (Å²) >= 11 is 0. The Morgan fingerprint density at radius 1 is 0.950 bits per heavy atom. The molecule has 0 bridgehead atoms. The smallest absolute Gasteiger partial charge is 0.418 e. The Labute approximate surface area is 231 Å². The molecular formula is C30H35F3N2O5. The highest BCUT2D eigenvalue weighted by molar-refractivity contribution is 6.00. The number of β-amino-alcohol motifs (C(OH)–C–C–N with tert-alkyl or cyclic N) is 1. The van der Waals surface area contributed by atoms with Crippen LogP contribution in [0.2, 0.25) is 0 Å². The predicted octanol–water partition coefficient (Wildman–Crippen LogP) is 5.17. The summed E-state index contributed by atoms with van der Waals surface area (Å²) in [4.78, 5) is 28.9. The van der Waals surface area contributed by atoms with Crippen LogP contribution in [0.15, 0.2) is 48.5 Å². The molecule has 0 radical (unpaired) electrons. The van der Waals surface area contributed by atoms with Crippen LogP contribution < -0.4 is 9.64 Å². The van der Waals surface area contributed by atoms with E-state index in [0.717, 1.165) is 6.42 Å². The van der Waals surface area contributed by atoms with E-state index in [1.165, 1.54) is 19.2 Å². The van der Waals surface area contributed by atoms with Crippen LogP contribution in [0.4, 0.5) is 18.9 Å². The number of carbonyl (C=O) groups is 2. The van der Waals surface area contributed by atoms with Gasteiger partial charge in [0.05, 0.1) is 24.7 Å². The number of amides is 2. The minimum Gasteiger partial charge on any atom is -0.497 e. The number of ether oxygens (including phenoxy) is 2. The van der Waals surface area contributed by atoms with Gasteiger partial charge in [0.25, 0.3) is 0 Å². The summed E-state index contributed by atoms with van der Waals surface area (Å²) in [6, 6.07) is 12.5. The van der Waals surface area contributed by atoms with Gasteiger partial charge in [0.15, 0.2) is 6.10 Å². The zero-order valence-corrected chi connectivity index (χ0v) is 22.6. The summed E-state index contributed by atoms with van der Waals surface area (Å²) in [5.41, 5.74) is -0.476. The molecule has 3 aliphatic rings. The molecule has 40 heavy (non-hydrogen) atoms. The Hall–Kier alpha value is -3.11. The summed E-state index contributed by atoms with van der Waals surface area (Å²) in [5, 5.41) is 11.1. The topological polar surface area (TPSA) is 79.3 Å². The van der Waals surface area contributed by atoms with Gasteiger partial charge in [-0.3, -0.25) is 9.59 Å². The lowest BCUT2D eigenvalue weighted by Gasteiger charge is -2.42. The van der Waals surface area contributed by atoms with Gasteiger partial charge in [0, 0.05) is 31.7 Å². The van der Waals surface area contributed by atoms with Crippen molar-refractivity contribution >= 4 is 17.5 Å². The second-order valence-corrected chi connectivity index (χ2v) is 11.3. The van der Waals surface area contributed by atoms with Crippen molar-refractivity contribution in [1.82, 2.24) is 4.90 Å². The molecule has 10 heteroatoms. The molecule has 2 saturated heterocycles. The number of nitrogens with zero attached hydrogens (tertiary/aromatic N) is 2. The summed E-state index contributed by atoms with van der Waals surface area (Å²) in [6.45, 7) is 1.22. The molecule has 2 aromatic carbocycles. The highest BCUT2D eigenvalue weighted by atomic mass is 19.4. The molecule has 5 rings (SSSR count). The van der Waals surface area contributed by atoms with E-state index in [0.29, 0.717) is 75.2 Å². The summed E-state index contributed by atoms with van der Waals surface area (Å²) in [6.07, 6.45) is -2.84. The second-order valence-electron chi connectivity index (χ2n) is 11.3. The lowest BCUT2D eigenvalue weighted by atomic mass is 9.67. The monoisotopic (exact) mass is 560 g/mol. The first-order valence-corrected chi connectivity index (χ1v) is 13.8. The summed E-state index contributed by atoms with van der Waals surface area (Å²) in [5.74, 6) is 0.620. The summed E-state index contributed by atoms with van der Waals surface area (Å²) < 4.78 is 52.1. The van der Waals surface area contributed by atoms with Crippen LogP contribution in [0.1, 0.15) is 62.2 Å². The van der Waals surface area contributed by atoms with Crippen LogP contribution in [-0.4, -0.2) is 60.3 Å². The Morgan fingerprint density at radius 2 is 1.62 bits per heavy atom. The summed E-state index contributed by atoms with van der Waals surface area (Å²) in [7, 11) is 1.51. The molecule has 2 aromatic rings. The first-order chi connectivity index (χ1) is 19.0. The molecule has 0 unspecified atom stereocenters. The molecule has 1 N–H and O–H groups in total. The second kappa shape index (κ2) is 11.0. The minimum atomic E-state index is -4.61. The molecule has 3 fully saturated rings. The lowest BCUT2D eigenvalue weighted by Crippen LogP contribution is -2.49. The van der Waals surface area contributed by atoms with Gasteiger partial charge < -0.3 is 24.4 Å². The number of carbonyl (C=O) groups excluding carboxylic acids is 2. The van der Waals surface area contributed by atoms with E-state index >= 15 is 0 Å². The van der Waals surface area contributed by atoms with E-state index in [2.05, 4.69) is 0 Å². The molecule has 2 aliphatic heterocycles. The number of rotatable bonds is 8. The average Bonchev–Trinajstić information content (AvgIpc) is 3.48. The third kappa shape index (κ3) is 5.83. The number of anilines is 1. The van der Waals surface area contributed by atoms with Crippen molar-refractivity contribution < 1.29 is 37.3 Å². The average molecular weight is 561 g/mol. The molecule has 1 atom stereocenters. The standard InChI is InChI=1S/C30H35F3N2O5/c1-39-24-10-4-21(5-11-24)19-40-26(30(31,32)33)22-6-8-23(9-7-22)35-18-16-28(27(35)37)12-14-29(38,15-13-28)20-34-17-2-3-25(34)36/h4-11,26,38H,2-3,12-20H2,1H3/t26-,28-,29+/m1/s1. The van der Waals surface area contributed by atoms with Crippen molar-refractivity contribution in [2.24, 2.45) is 5.41 Å². The molecule has 0 aromatic heterocycles. The Bertz CT molecular complexity index is 1210. The number of aliphatic hydroxyl groups is 1. The molecule has 1 aliphatic carbocycles. The van der Waals surface area contributed by atoms with E-state index in [9.17, 15) is 27.9 Å². The van der Waals surface area contributed by atoms with E-state index in [4.69, 9.17) is 9.47 Å². The molecular weight excluding hydrogens is 525 g/mol. The van der Waals surface area contributed by atoms with Crippen molar-refractivity contribution in [2.45, 2.75) is 69.4 Å². The molecule has 1 spiro atoms. The van der Waals surface area contributed by atoms with Gasteiger partial charge >= 0.3 is 6.18 Å². The van der Waals surface area contributed by atoms with Crippen LogP contribution in [0, 0.1) is 5.41 Å². The predicted molar refractivity (Wildman–Crippen MR) is 142 cm³/mol. The highest BCUT2D eigenvalue weighted by Gasteiger charge is 2.52. The first-order valence-electron chi connectivity index (χ1n) is 13.8. The van der Waals surface area contributed by atoms with E-state index in [1.54, 1.807) is 46.2 Å². The maximum atomic E-state index is 13.9. The van der Waals surface area contributed by atoms with Crippen LogP contribution in [0.25, 0.3) is 0 Å². The van der Waals surface area contributed by atoms with Crippen molar-refractivity contribution in [3.8, 4) is 5.75 Å². The molecule has 2 heterocycles. The van der Waals surface area contributed by atoms with Crippen molar-refractivity contribution in [2.75, 3.05) is 31.6 Å². The van der Waals surface area contributed by atoms with Gasteiger partial charge in [0.1, 0.15) is 5.75 Å². The van der Waals surface area contributed by atoms with Gasteiger partial charge in [-0.15, -0.1) is 0 Å². The number of benzene rings is 2. The number of alkyl halides is 3. The maximum absolute atomic E-state index is 13.9. The van der Waals surface area contributed by atoms with E-state index in [1.807, 2.05) is 0 Å². The van der Waals surface area contributed by atoms with Crippen LogP contribution in [0.3, 0.4) is 0 Å². The van der Waals surface area contributed by atoms with Crippen LogP contribution in [0.5, 0.6) is 5.75 Å². The van der Waals surface area contributed by atoms with Gasteiger partial charge in [-0.25, -0.2) is 0 Å². The maximum Gasteiger partial charge on any atom is 0.418 e. The largest absolute Gasteiger partial charge is 0.497 e. The highest BCUT2D eigenvalue weighted by Crippen LogP contribution is 2.49. The van der Waals surface area contributed by atoms with E-state index < -0.39 is 23.3 Å². The molecule has 7 nitrogen and oxygen atoms in total. The third-order valence-electron chi connectivity index (χ3n) is 8.69. The Kier molecular flexibility index (Phi) is 7.85. The Balaban J connectivity index is 1.22. The normalized spacial score (nSPS) is 26.1. The number of likely N-dealkylation sites (tertiary alicyclic amines) is 1. The fourth-order valence-electron chi connectivity index (χ4n) is 6.22. The Morgan fingerprint density at radius 3 is 2.20 bits per heavy atom. The van der Waals surface area contributed by atoms with Crippen LogP contribution in [-0.2, 0) is 20.9 Å². The number of halogens is 3.